The fourth-order valence-corrected chi connectivity index (χ4v) is 2.66. The van der Waals surface area contributed by atoms with Crippen LogP contribution in [0.15, 0.2) is 21.6 Å². The van der Waals surface area contributed by atoms with Gasteiger partial charge in [-0.3, -0.25) is 4.68 Å². The molecule has 0 bridgehead atoms. The van der Waals surface area contributed by atoms with Gasteiger partial charge in [-0.2, -0.15) is 5.10 Å². The Balaban J connectivity index is 1.88. The summed E-state index contributed by atoms with van der Waals surface area (Å²) in [5, 5.41) is 15.3. The summed E-state index contributed by atoms with van der Waals surface area (Å²) in [7, 11) is 0. The van der Waals surface area contributed by atoms with Gasteiger partial charge in [-0.05, 0) is 38.7 Å². The Labute approximate surface area is 156 Å². The highest BCUT2D eigenvalue weighted by molar-refractivity contribution is 5.79. The molecule has 0 saturated heterocycles. The molecule has 0 fully saturated rings. The van der Waals surface area contributed by atoms with Crippen LogP contribution in [0.1, 0.15) is 56.5 Å². The topological polar surface area (TPSA) is 80.3 Å². The van der Waals surface area contributed by atoms with Crippen LogP contribution in [0.2, 0.25) is 0 Å². The van der Waals surface area contributed by atoms with E-state index in [1.807, 2.05) is 13.0 Å². The van der Waals surface area contributed by atoms with Crippen LogP contribution in [0.5, 0.6) is 0 Å². The standard InChI is InChI=1S/C19H32N6O/c1-7-20-19(22-11-17-9-18(13(2)3)24-26-17)21-10-14(4)12-25-16(6)8-15(5)23-25/h8-9,13-14H,7,10-12H2,1-6H3,(H2,20,21,22). The van der Waals surface area contributed by atoms with Crippen molar-refractivity contribution >= 4 is 5.96 Å². The summed E-state index contributed by atoms with van der Waals surface area (Å²) in [6.45, 7) is 15.6. The lowest BCUT2D eigenvalue weighted by atomic mass is 10.1. The number of aliphatic imine (C=N–C) groups is 1. The zero-order chi connectivity index (χ0) is 19.1. The number of nitrogens with one attached hydrogen (secondary N) is 2. The molecular formula is C19H32N6O. The van der Waals surface area contributed by atoms with Crippen molar-refractivity contribution in [1.29, 1.82) is 0 Å². The maximum atomic E-state index is 5.35. The minimum absolute atomic E-state index is 0.359. The summed E-state index contributed by atoms with van der Waals surface area (Å²) in [5.41, 5.74) is 3.22. The van der Waals surface area contributed by atoms with Gasteiger partial charge >= 0.3 is 0 Å². The molecule has 1 unspecified atom stereocenters. The number of guanidine groups is 1. The highest BCUT2D eigenvalue weighted by Gasteiger charge is 2.10. The fourth-order valence-electron chi connectivity index (χ4n) is 2.66. The van der Waals surface area contributed by atoms with Crippen LogP contribution in [-0.4, -0.2) is 34.0 Å². The largest absolute Gasteiger partial charge is 0.359 e. The molecule has 2 heterocycles. The molecule has 2 rings (SSSR count). The van der Waals surface area contributed by atoms with Crippen LogP contribution in [0.3, 0.4) is 0 Å². The van der Waals surface area contributed by atoms with Gasteiger partial charge in [0.15, 0.2) is 11.7 Å². The summed E-state index contributed by atoms with van der Waals surface area (Å²) >= 11 is 0. The molecule has 144 valence electrons. The van der Waals surface area contributed by atoms with Crippen LogP contribution >= 0.6 is 0 Å². The van der Waals surface area contributed by atoms with E-state index in [0.29, 0.717) is 18.4 Å². The van der Waals surface area contributed by atoms with Crippen molar-refractivity contribution in [2.75, 3.05) is 13.1 Å². The molecule has 0 aliphatic rings. The Morgan fingerprint density at radius 2 is 2.00 bits per heavy atom. The summed E-state index contributed by atoms with van der Waals surface area (Å²) < 4.78 is 7.41. The maximum absolute atomic E-state index is 5.35. The van der Waals surface area contributed by atoms with Gasteiger partial charge in [0.25, 0.3) is 0 Å². The Kier molecular flexibility index (Phi) is 7.24. The number of aromatic nitrogens is 3. The molecule has 2 aromatic heterocycles. The van der Waals surface area contributed by atoms with E-state index in [4.69, 9.17) is 4.52 Å². The zero-order valence-electron chi connectivity index (χ0n) is 16.8. The predicted molar refractivity (Wildman–Crippen MR) is 104 cm³/mol. The van der Waals surface area contributed by atoms with Crippen molar-refractivity contribution in [2.24, 2.45) is 10.9 Å². The highest BCUT2D eigenvalue weighted by Crippen LogP contribution is 2.14. The first kappa shape index (κ1) is 20.0. The number of hydrogen-bond donors (Lipinski definition) is 2. The third kappa shape index (κ3) is 5.89. The van der Waals surface area contributed by atoms with Crippen molar-refractivity contribution in [3.8, 4) is 0 Å². The van der Waals surface area contributed by atoms with Gasteiger partial charge in [0.2, 0.25) is 0 Å². The first-order chi connectivity index (χ1) is 12.4. The molecule has 2 N–H and O–H groups in total. The van der Waals surface area contributed by atoms with Crippen molar-refractivity contribution in [3.05, 3.63) is 35.0 Å². The molecular weight excluding hydrogens is 328 g/mol. The lowest BCUT2D eigenvalue weighted by Gasteiger charge is -2.16. The number of rotatable bonds is 8. The minimum atomic E-state index is 0.359. The lowest BCUT2D eigenvalue weighted by Crippen LogP contribution is -2.40. The smallest absolute Gasteiger partial charge is 0.191 e. The Bertz CT molecular complexity index is 715. The molecule has 0 radical (unpaired) electrons. The zero-order valence-corrected chi connectivity index (χ0v) is 16.8. The predicted octanol–water partition coefficient (Wildman–Crippen LogP) is 3.00. The molecule has 0 saturated carbocycles. The van der Waals surface area contributed by atoms with E-state index >= 15 is 0 Å². The molecule has 2 aromatic rings. The second-order valence-electron chi connectivity index (χ2n) is 7.16. The van der Waals surface area contributed by atoms with E-state index in [1.165, 1.54) is 5.69 Å². The third-order valence-corrected chi connectivity index (χ3v) is 4.11. The van der Waals surface area contributed by atoms with Crippen molar-refractivity contribution in [1.82, 2.24) is 25.6 Å². The monoisotopic (exact) mass is 360 g/mol. The third-order valence-electron chi connectivity index (χ3n) is 4.11. The highest BCUT2D eigenvalue weighted by atomic mass is 16.5. The second kappa shape index (κ2) is 9.40. The van der Waals surface area contributed by atoms with E-state index in [1.54, 1.807) is 0 Å². The first-order valence-electron chi connectivity index (χ1n) is 9.37. The van der Waals surface area contributed by atoms with Crippen LogP contribution in [0.25, 0.3) is 0 Å². The summed E-state index contributed by atoms with van der Waals surface area (Å²) in [6.07, 6.45) is 0. The van der Waals surface area contributed by atoms with Gasteiger partial charge < -0.3 is 15.2 Å². The van der Waals surface area contributed by atoms with Gasteiger partial charge in [-0.25, -0.2) is 4.99 Å². The quantitative estimate of drug-likeness (QED) is 0.559. The van der Waals surface area contributed by atoms with E-state index in [2.05, 4.69) is 71.2 Å². The molecule has 0 spiro atoms. The van der Waals surface area contributed by atoms with Gasteiger partial charge in [0, 0.05) is 31.4 Å². The summed E-state index contributed by atoms with van der Waals surface area (Å²) in [6, 6.07) is 4.08. The van der Waals surface area contributed by atoms with Gasteiger partial charge in [-0.1, -0.05) is 25.9 Å². The minimum Gasteiger partial charge on any atom is -0.359 e. The van der Waals surface area contributed by atoms with Crippen LogP contribution in [-0.2, 0) is 13.1 Å². The molecule has 7 heteroatoms. The van der Waals surface area contributed by atoms with Crippen molar-refractivity contribution in [3.63, 3.8) is 0 Å². The molecule has 1 atom stereocenters. The number of aryl methyl sites for hydroxylation is 2. The Morgan fingerprint density at radius 1 is 1.23 bits per heavy atom. The van der Waals surface area contributed by atoms with Gasteiger partial charge in [0.05, 0.1) is 11.4 Å². The number of nitrogens with zero attached hydrogens (tertiary/aromatic N) is 4. The normalized spacial score (nSPS) is 13.3. The molecule has 26 heavy (non-hydrogen) atoms. The average molecular weight is 361 g/mol. The second-order valence-corrected chi connectivity index (χ2v) is 7.16. The van der Waals surface area contributed by atoms with Crippen molar-refractivity contribution < 1.29 is 4.52 Å². The Hall–Kier alpha value is -2.31. The number of hydrogen-bond acceptors (Lipinski definition) is 4. The van der Waals surface area contributed by atoms with E-state index in [0.717, 1.165) is 42.7 Å². The molecule has 0 aliphatic carbocycles. The van der Waals surface area contributed by atoms with Crippen LogP contribution in [0.4, 0.5) is 0 Å². The maximum Gasteiger partial charge on any atom is 0.191 e. The molecule has 0 aromatic carbocycles. The van der Waals surface area contributed by atoms with Crippen LogP contribution < -0.4 is 10.6 Å². The van der Waals surface area contributed by atoms with Gasteiger partial charge in [-0.15, -0.1) is 0 Å². The fraction of sp³-hybridized carbons (Fsp3) is 0.632. The Morgan fingerprint density at radius 3 is 2.58 bits per heavy atom. The molecule has 7 nitrogen and oxygen atoms in total. The summed E-state index contributed by atoms with van der Waals surface area (Å²) in [4.78, 5) is 4.60. The van der Waals surface area contributed by atoms with Crippen molar-refractivity contribution in [2.45, 2.75) is 60.5 Å². The van der Waals surface area contributed by atoms with Crippen LogP contribution in [0, 0.1) is 19.8 Å². The van der Waals surface area contributed by atoms with E-state index < -0.39 is 0 Å². The van der Waals surface area contributed by atoms with E-state index in [9.17, 15) is 0 Å². The van der Waals surface area contributed by atoms with Gasteiger partial charge in [0.1, 0.15) is 6.54 Å². The summed E-state index contributed by atoms with van der Waals surface area (Å²) in [5.74, 6) is 2.35. The SMILES string of the molecule is CCNC(=NCc1cc(C(C)C)no1)NCC(C)Cn1nc(C)cc1C. The lowest BCUT2D eigenvalue weighted by molar-refractivity contribution is 0.376. The molecule has 0 aliphatic heterocycles. The average Bonchev–Trinajstić information content (AvgIpc) is 3.17. The first-order valence-corrected chi connectivity index (χ1v) is 9.37. The molecule has 0 amide bonds. The van der Waals surface area contributed by atoms with E-state index in [-0.39, 0.29) is 0 Å².